The zero-order valence-corrected chi connectivity index (χ0v) is 18.6. The number of rotatable bonds is 8. The molecule has 2 aromatic carbocycles. The lowest BCUT2D eigenvalue weighted by atomic mass is 9.82. The monoisotopic (exact) mass is 439 g/mol. The summed E-state index contributed by atoms with van der Waals surface area (Å²) >= 11 is 0. The summed E-state index contributed by atoms with van der Waals surface area (Å²) in [7, 11) is 1.59. The Balaban J connectivity index is 1.71. The van der Waals surface area contributed by atoms with Crippen LogP contribution in [0.2, 0.25) is 0 Å². The Bertz CT molecular complexity index is 986. The van der Waals surface area contributed by atoms with Gasteiger partial charge in [-0.05, 0) is 41.3 Å². The number of ether oxygens (including phenoxy) is 3. The molecule has 1 N–H and O–H groups in total. The Morgan fingerprint density at radius 2 is 1.78 bits per heavy atom. The molecule has 4 rings (SSSR count). The number of carbonyl (C=O) groups excluding carboxylic acids is 1. The number of carbonyl (C=O) groups is 2. The fraction of sp³-hybridized carbons (Fsp3) is 0.440. The Hall–Kier alpha value is -3.06. The number of ketones is 1. The van der Waals surface area contributed by atoms with Gasteiger partial charge in [0.2, 0.25) is 6.79 Å². The van der Waals surface area contributed by atoms with Crippen LogP contribution in [0.25, 0.3) is 0 Å². The van der Waals surface area contributed by atoms with E-state index >= 15 is 0 Å². The van der Waals surface area contributed by atoms with E-state index in [1.54, 1.807) is 7.11 Å². The number of hydrogen-bond acceptors (Lipinski definition) is 6. The quantitative estimate of drug-likeness (QED) is 0.668. The van der Waals surface area contributed by atoms with Crippen molar-refractivity contribution < 1.29 is 28.9 Å². The maximum atomic E-state index is 12.7. The minimum Gasteiger partial charge on any atom is -0.497 e. The Morgan fingerprint density at radius 1 is 1.09 bits per heavy atom. The van der Waals surface area contributed by atoms with Crippen molar-refractivity contribution in [1.29, 1.82) is 0 Å². The fourth-order valence-corrected chi connectivity index (χ4v) is 4.82. The van der Waals surface area contributed by atoms with Crippen LogP contribution in [-0.4, -0.2) is 48.8 Å². The van der Waals surface area contributed by atoms with Gasteiger partial charge in [-0.15, -0.1) is 0 Å². The highest BCUT2D eigenvalue weighted by atomic mass is 16.7. The third kappa shape index (κ3) is 4.43. The fourth-order valence-electron chi connectivity index (χ4n) is 4.82. The van der Waals surface area contributed by atoms with Gasteiger partial charge in [-0.25, -0.2) is 0 Å². The number of Topliss-reactive ketones (excluding diaryl/α,β-unsaturated/α-hetero) is 1. The second-order valence-corrected chi connectivity index (χ2v) is 8.87. The number of fused-ring (bicyclic) bond motifs is 1. The summed E-state index contributed by atoms with van der Waals surface area (Å²) in [5, 5.41) is 10.3. The summed E-state index contributed by atoms with van der Waals surface area (Å²) < 4.78 is 16.2. The van der Waals surface area contributed by atoms with Crippen molar-refractivity contribution >= 4 is 11.8 Å². The molecule has 2 aliphatic heterocycles. The lowest BCUT2D eigenvalue weighted by Gasteiger charge is -2.27. The SMILES string of the molecule is COc1ccc(C2C(C(=O)O)C(c3ccc4c(c3)OCO4)CN2CC(=O)CC(C)C)cc1. The van der Waals surface area contributed by atoms with Gasteiger partial charge in [-0.1, -0.05) is 32.0 Å². The van der Waals surface area contributed by atoms with E-state index in [1.807, 2.05) is 61.2 Å². The molecule has 0 bridgehead atoms. The molecule has 0 saturated carbocycles. The average molecular weight is 440 g/mol. The van der Waals surface area contributed by atoms with Crippen LogP contribution in [0.5, 0.6) is 17.2 Å². The first-order valence-corrected chi connectivity index (χ1v) is 10.9. The van der Waals surface area contributed by atoms with E-state index in [-0.39, 0.29) is 31.0 Å². The smallest absolute Gasteiger partial charge is 0.309 e. The predicted molar refractivity (Wildman–Crippen MR) is 118 cm³/mol. The van der Waals surface area contributed by atoms with Crippen LogP contribution in [0.3, 0.4) is 0 Å². The minimum absolute atomic E-state index is 0.119. The number of hydrogen-bond donors (Lipinski definition) is 1. The molecule has 0 radical (unpaired) electrons. The zero-order chi connectivity index (χ0) is 22.8. The summed E-state index contributed by atoms with van der Waals surface area (Å²) in [6, 6.07) is 12.6. The van der Waals surface area contributed by atoms with E-state index < -0.39 is 17.9 Å². The summed E-state index contributed by atoms with van der Waals surface area (Å²) in [5.41, 5.74) is 1.73. The molecule has 2 heterocycles. The van der Waals surface area contributed by atoms with Crippen molar-refractivity contribution in [2.75, 3.05) is 27.0 Å². The predicted octanol–water partition coefficient (Wildman–Crippen LogP) is 3.88. The maximum Gasteiger partial charge on any atom is 0.309 e. The first kappa shape index (κ1) is 22.1. The number of likely N-dealkylation sites (tertiary alicyclic amines) is 1. The topological polar surface area (TPSA) is 85.3 Å². The van der Waals surface area contributed by atoms with Gasteiger partial charge in [0.15, 0.2) is 11.5 Å². The summed E-state index contributed by atoms with van der Waals surface area (Å²) in [5.74, 6) is 0.479. The van der Waals surface area contributed by atoms with E-state index in [0.29, 0.717) is 30.2 Å². The molecule has 32 heavy (non-hydrogen) atoms. The molecule has 0 spiro atoms. The van der Waals surface area contributed by atoms with Crippen molar-refractivity contribution in [2.24, 2.45) is 11.8 Å². The van der Waals surface area contributed by atoms with Crippen molar-refractivity contribution in [1.82, 2.24) is 4.90 Å². The third-order valence-corrected chi connectivity index (χ3v) is 6.18. The van der Waals surface area contributed by atoms with E-state index in [4.69, 9.17) is 14.2 Å². The lowest BCUT2D eigenvalue weighted by molar-refractivity contribution is -0.143. The number of carboxylic acid groups (broad SMARTS) is 1. The molecule has 3 unspecified atom stereocenters. The molecule has 2 aromatic rings. The standard InChI is InChI=1S/C25H29NO6/c1-15(2)10-18(27)12-26-13-20(17-6-9-21-22(11-17)32-14-31-21)23(25(28)29)24(26)16-4-7-19(30-3)8-5-16/h4-9,11,15,20,23-24H,10,12-14H2,1-3H3,(H,28,29). The van der Waals surface area contributed by atoms with Gasteiger partial charge in [0, 0.05) is 24.9 Å². The van der Waals surface area contributed by atoms with Crippen molar-refractivity contribution in [3.8, 4) is 17.2 Å². The van der Waals surface area contributed by atoms with Gasteiger partial charge in [0.25, 0.3) is 0 Å². The highest BCUT2D eigenvalue weighted by Gasteiger charge is 2.48. The second-order valence-electron chi connectivity index (χ2n) is 8.87. The van der Waals surface area contributed by atoms with Crippen molar-refractivity contribution in [3.05, 3.63) is 53.6 Å². The number of methoxy groups -OCH3 is 1. The zero-order valence-electron chi connectivity index (χ0n) is 18.6. The average Bonchev–Trinajstić information content (AvgIpc) is 3.37. The van der Waals surface area contributed by atoms with Gasteiger partial charge in [0.05, 0.1) is 19.6 Å². The normalized spacial score (nSPS) is 22.3. The molecule has 3 atom stereocenters. The van der Waals surface area contributed by atoms with Crippen LogP contribution in [0, 0.1) is 11.8 Å². The number of aliphatic carboxylic acids is 1. The first-order valence-electron chi connectivity index (χ1n) is 10.9. The van der Waals surface area contributed by atoms with Gasteiger partial charge >= 0.3 is 5.97 Å². The lowest BCUT2D eigenvalue weighted by Crippen LogP contribution is -2.33. The third-order valence-electron chi connectivity index (χ3n) is 6.18. The van der Waals surface area contributed by atoms with Crippen molar-refractivity contribution in [2.45, 2.75) is 32.2 Å². The van der Waals surface area contributed by atoms with Gasteiger partial charge < -0.3 is 19.3 Å². The van der Waals surface area contributed by atoms with Crippen LogP contribution in [0.4, 0.5) is 0 Å². The summed E-state index contributed by atoms with van der Waals surface area (Å²) in [4.78, 5) is 27.3. The molecular formula is C25H29NO6. The second kappa shape index (κ2) is 9.20. The number of benzene rings is 2. The molecule has 0 aromatic heterocycles. The maximum absolute atomic E-state index is 12.7. The molecule has 170 valence electrons. The molecular weight excluding hydrogens is 410 g/mol. The van der Waals surface area contributed by atoms with Crippen LogP contribution >= 0.6 is 0 Å². The Morgan fingerprint density at radius 3 is 2.44 bits per heavy atom. The molecule has 1 saturated heterocycles. The van der Waals surface area contributed by atoms with Crippen LogP contribution in [0.15, 0.2) is 42.5 Å². The molecule has 1 fully saturated rings. The largest absolute Gasteiger partial charge is 0.497 e. The highest BCUT2D eigenvalue weighted by molar-refractivity contribution is 5.81. The molecule has 0 aliphatic carbocycles. The molecule has 7 heteroatoms. The van der Waals surface area contributed by atoms with Gasteiger partial charge in [-0.2, -0.15) is 0 Å². The van der Waals surface area contributed by atoms with E-state index in [1.165, 1.54) is 0 Å². The van der Waals surface area contributed by atoms with Crippen molar-refractivity contribution in [3.63, 3.8) is 0 Å². The summed E-state index contributed by atoms with van der Waals surface area (Å²) in [6.45, 7) is 4.88. The minimum atomic E-state index is -0.882. The van der Waals surface area contributed by atoms with Gasteiger partial charge in [0.1, 0.15) is 11.5 Å². The van der Waals surface area contributed by atoms with Gasteiger partial charge in [-0.3, -0.25) is 14.5 Å². The molecule has 7 nitrogen and oxygen atoms in total. The van der Waals surface area contributed by atoms with E-state index in [2.05, 4.69) is 0 Å². The Kier molecular flexibility index (Phi) is 6.37. The van der Waals surface area contributed by atoms with Crippen LogP contribution in [0.1, 0.15) is 43.4 Å². The molecule has 0 amide bonds. The van der Waals surface area contributed by atoms with E-state index in [9.17, 15) is 14.7 Å². The van der Waals surface area contributed by atoms with Crippen LogP contribution in [-0.2, 0) is 9.59 Å². The van der Waals surface area contributed by atoms with Crippen LogP contribution < -0.4 is 14.2 Å². The number of carboxylic acids is 1. The number of nitrogens with zero attached hydrogens (tertiary/aromatic N) is 1. The summed E-state index contributed by atoms with van der Waals surface area (Å²) in [6.07, 6.45) is 0.470. The Labute approximate surface area is 187 Å². The first-order chi connectivity index (χ1) is 15.4. The van der Waals surface area contributed by atoms with E-state index in [0.717, 1.165) is 11.1 Å². The highest BCUT2D eigenvalue weighted by Crippen LogP contribution is 2.47. The molecule has 2 aliphatic rings.